The highest BCUT2D eigenvalue weighted by Gasteiger charge is 2.35. The number of hydrogen-bond acceptors (Lipinski definition) is 3. The minimum Gasteiger partial charge on any atom is -0.207 e. The molecule has 0 atom stereocenters. The summed E-state index contributed by atoms with van der Waals surface area (Å²) in [5.41, 5.74) is -1.07. The Kier molecular flexibility index (Phi) is 4.41. The van der Waals surface area contributed by atoms with Crippen molar-refractivity contribution in [3.63, 3.8) is 0 Å². The lowest BCUT2D eigenvalue weighted by Crippen LogP contribution is -2.46. The predicted molar refractivity (Wildman–Crippen MR) is 72.8 cm³/mol. The van der Waals surface area contributed by atoms with E-state index in [4.69, 9.17) is 0 Å². The van der Waals surface area contributed by atoms with Crippen LogP contribution in [0.1, 0.15) is 38.5 Å². The van der Waals surface area contributed by atoms with Crippen molar-refractivity contribution in [2.45, 2.75) is 49.0 Å². The number of nitrogens with zero attached hydrogens (tertiary/aromatic N) is 1. The molecule has 20 heavy (non-hydrogen) atoms. The van der Waals surface area contributed by atoms with Gasteiger partial charge in [-0.2, -0.15) is 9.98 Å². The minimum absolute atomic E-state index is 0.142. The van der Waals surface area contributed by atoms with Crippen molar-refractivity contribution in [1.29, 1.82) is 5.26 Å². The molecule has 1 aliphatic rings. The summed E-state index contributed by atoms with van der Waals surface area (Å²) in [6.07, 6.45) is 4.64. The summed E-state index contributed by atoms with van der Waals surface area (Å²) in [7, 11) is -3.88. The smallest absolute Gasteiger partial charge is 0.207 e. The maximum absolute atomic E-state index is 13.2. The highest BCUT2D eigenvalue weighted by molar-refractivity contribution is 7.89. The molecule has 1 aliphatic carbocycles. The third kappa shape index (κ3) is 3.35. The summed E-state index contributed by atoms with van der Waals surface area (Å²) >= 11 is 0. The lowest BCUT2D eigenvalue weighted by atomic mass is 9.94. The van der Waals surface area contributed by atoms with Gasteiger partial charge in [-0.25, -0.2) is 12.8 Å². The van der Waals surface area contributed by atoms with E-state index < -0.39 is 21.4 Å². The number of hydrogen-bond donors (Lipinski definition) is 1. The maximum atomic E-state index is 13.2. The molecular weight excluding hydrogens is 279 g/mol. The Labute approximate surface area is 118 Å². The van der Waals surface area contributed by atoms with Crippen LogP contribution in [0.25, 0.3) is 0 Å². The van der Waals surface area contributed by atoms with Gasteiger partial charge in [0, 0.05) is 0 Å². The highest BCUT2D eigenvalue weighted by atomic mass is 32.2. The second-order valence-corrected chi connectivity index (χ2v) is 6.85. The fourth-order valence-corrected chi connectivity index (χ4v) is 3.93. The Hall–Kier alpha value is -1.45. The first-order valence-electron chi connectivity index (χ1n) is 6.68. The van der Waals surface area contributed by atoms with E-state index in [1.54, 1.807) is 0 Å². The molecule has 0 spiro atoms. The van der Waals surface area contributed by atoms with E-state index in [1.165, 1.54) is 18.2 Å². The number of nitrogens with one attached hydrogen (secondary N) is 1. The molecule has 108 valence electrons. The number of nitriles is 1. The van der Waals surface area contributed by atoms with Gasteiger partial charge in [-0.15, -0.1) is 0 Å². The summed E-state index contributed by atoms with van der Waals surface area (Å²) in [6, 6.07) is 6.93. The van der Waals surface area contributed by atoms with Crippen molar-refractivity contribution >= 4 is 10.0 Å². The monoisotopic (exact) mass is 296 g/mol. The zero-order valence-electron chi connectivity index (χ0n) is 11.1. The van der Waals surface area contributed by atoms with Crippen LogP contribution < -0.4 is 4.72 Å². The van der Waals surface area contributed by atoms with Crippen molar-refractivity contribution in [1.82, 2.24) is 4.72 Å². The van der Waals surface area contributed by atoms with Crippen molar-refractivity contribution in [3.8, 4) is 6.07 Å². The molecule has 0 heterocycles. The molecule has 0 unspecified atom stereocenters. The fraction of sp³-hybridized carbons (Fsp3) is 0.500. The van der Waals surface area contributed by atoms with Gasteiger partial charge < -0.3 is 0 Å². The Morgan fingerprint density at radius 3 is 2.40 bits per heavy atom. The van der Waals surface area contributed by atoms with E-state index in [-0.39, 0.29) is 4.90 Å². The number of benzene rings is 1. The highest BCUT2D eigenvalue weighted by Crippen LogP contribution is 2.28. The summed E-state index contributed by atoms with van der Waals surface area (Å²) < 4.78 is 40.2. The van der Waals surface area contributed by atoms with E-state index in [0.29, 0.717) is 12.8 Å². The summed E-state index contributed by atoms with van der Waals surface area (Å²) in [5, 5.41) is 9.38. The fourth-order valence-electron chi connectivity index (χ4n) is 2.52. The molecule has 1 saturated carbocycles. The average Bonchev–Trinajstić information content (AvgIpc) is 2.64. The molecule has 6 heteroatoms. The molecule has 0 bridgehead atoms. The van der Waals surface area contributed by atoms with Crippen LogP contribution >= 0.6 is 0 Å². The largest absolute Gasteiger partial charge is 0.242 e. The molecule has 1 aromatic rings. The standard InChI is InChI=1S/C14H17FN2O2S/c15-12-6-5-7-13(10-12)20(18,19)17-14(11-16)8-3-1-2-4-9-14/h5-7,10,17H,1-4,8-9H2. The summed E-state index contributed by atoms with van der Waals surface area (Å²) in [5.74, 6) is -0.611. The molecule has 0 amide bonds. The van der Waals surface area contributed by atoms with Gasteiger partial charge in [0.1, 0.15) is 11.4 Å². The molecule has 4 nitrogen and oxygen atoms in total. The van der Waals surface area contributed by atoms with Crippen LogP contribution in [0.4, 0.5) is 4.39 Å². The van der Waals surface area contributed by atoms with E-state index in [1.807, 2.05) is 0 Å². The van der Waals surface area contributed by atoms with Gasteiger partial charge in [0.25, 0.3) is 0 Å². The Bertz CT molecular complexity index is 614. The third-order valence-corrected chi connectivity index (χ3v) is 5.14. The lowest BCUT2D eigenvalue weighted by Gasteiger charge is -2.25. The van der Waals surface area contributed by atoms with Crippen LogP contribution in [-0.4, -0.2) is 14.0 Å². The minimum atomic E-state index is -3.88. The Morgan fingerprint density at radius 2 is 1.85 bits per heavy atom. The first-order chi connectivity index (χ1) is 9.47. The van der Waals surface area contributed by atoms with Gasteiger partial charge in [0.05, 0.1) is 11.0 Å². The maximum Gasteiger partial charge on any atom is 0.242 e. The SMILES string of the molecule is N#CC1(NS(=O)(=O)c2cccc(F)c2)CCCCCC1. The molecule has 0 aromatic heterocycles. The molecule has 0 saturated heterocycles. The van der Waals surface area contributed by atoms with Crippen LogP contribution in [0.15, 0.2) is 29.2 Å². The van der Waals surface area contributed by atoms with E-state index >= 15 is 0 Å². The van der Waals surface area contributed by atoms with Gasteiger partial charge in [-0.1, -0.05) is 31.7 Å². The van der Waals surface area contributed by atoms with Gasteiger partial charge in [0.2, 0.25) is 10.0 Å². The topological polar surface area (TPSA) is 70.0 Å². The average molecular weight is 296 g/mol. The van der Waals surface area contributed by atoms with Crippen molar-refractivity contribution < 1.29 is 12.8 Å². The van der Waals surface area contributed by atoms with Gasteiger partial charge in [-0.05, 0) is 31.0 Å². The van der Waals surface area contributed by atoms with Gasteiger partial charge in [-0.3, -0.25) is 0 Å². The van der Waals surface area contributed by atoms with Crippen LogP contribution in [0.5, 0.6) is 0 Å². The molecular formula is C14H17FN2O2S. The molecule has 0 aliphatic heterocycles. The van der Waals surface area contributed by atoms with E-state index in [2.05, 4.69) is 10.8 Å². The summed E-state index contributed by atoms with van der Waals surface area (Å²) in [6.45, 7) is 0. The van der Waals surface area contributed by atoms with Crippen LogP contribution in [0.3, 0.4) is 0 Å². The zero-order chi connectivity index (χ0) is 14.6. The molecule has 1 aromatic carbocycles. The Morgan fingerprint density at radius 1 is 1.20 bits per heavy atom. The van der Waals surface area contributed by atoms with Crippen LogP contribution in [0, 0.1) is 17.1 Å². The Balaban J connectivity index is 2.28. The first-order valence-corrected chi connectivity index (χ1v) is 8.17. The van der Waals surface area contributed by atoms with Crippen molar-refractivity contribution in [2.24, 2.45) is 0 Å². The van der Waals surface area contributed by atoms with Crippen LogP contribution in [0.2, 0.25) is 0 Å². The zero-order valence-corrected chi connectivity index (χ0v) is 11.9. The first kappa shape index (κ1) is 14.9. The predicted octanol–water partition coefficient (Wildman–Crippen LogP) is 2.72. The number of rotatable bonds is 3. The van der Waals surface area contributed by atoms with Crippen molar-refractivity contribution in [3.05, 3.63) is 30.1 Å². The molecule has 0 radical (unpaired) electrons. The van der Waals surface area contributed by atoms with Gasteiger partial charge in [0.15, 0.2) is 0 Å². The molecule has 1 fully saturated rings. The van der Waals surface area contributed by atoms with Crippen molar-refractivity contribution in [2.75, 3.05) is 0 Å². The third-order valence-electron chi connectivity index (χ3n) is 3.61. The quantitative estimate of drug-likeness (QED) is 0.872. The number of halogens is 1. The normalized spacial score (nSPS) is 19.0. The second kappa shape index (κ2) is 5.90. The number of sulfonamides is 1. The second-order valence-electron chi connectivity index (χ2n) is 5.17. The summed E-state index contributed by atoms with van der Waals surface area (Å²) in [4.78, 5) is -0.142. The van der Waals surface area contributed by atoms with Crippen LogP contribution in [-0.2, 0) is 10.0 Å². The molecule has 2 rings (SSSR count). The lowest BCUT2D eigenvalue weighted by molar-refractivity contribution is 0.422. The molecule has 1 N–H and O–H groups in total. The van der Waals surface area contributed by atoms with E-state index in [0.717, 1.165) is 31.7 Å². The van der Waals surface area contributed by atoms with Gasteiger partial charge >= 0.3 is 0 Å². The van der Waals surface area contributed by atoms with E-state index in [9.17, 15) is 18.1 Å².